The van der Waals surface area contributed by atoms with Gasteiger partial charge in [0.15, 0.2) is 0 Å². The Morgan fingerprint density at radius 2 is 2.30 bits per heavy atom. The molecule has 1 amide bonds. The highest BCUT2D eigenvalue weighted by atomic mass is 16.1. The van der Waals surface area contributed by atoms with E-state index in [0.717, 1.165) is 0 Å². The maximum absolute atomic E-state index is 10.00. The van der Waals surface area contributed by atoms with Gasteiger partial charge in [0.25, 0.3) is 0 Å². The Balaban J connectivity index is 3.86. The van der Waals surface area contributed by atoms with Crippen molar-refractivity contribution in [2.24, 2.45) is 10.7 Å². The van der Waals surface area contributed by atoms with Crippen LogP contribution < -0.4 is 5.73 Å². The van der Waals surface area contributed by atoms with Crippen molar-refractivity contribution in [2.75, 3.05) is 14.1 Å². The molecule has 0 bridgehead atoms. The molecule has 0 saturated heterocycles. The summed E-state index contributed by atoms with van der Waals surface area (Å²) in [6, 6.07) is 0. The summed E-state index contributed by atoms with van der Waals surface area (Å²) in [4.78, 5) is 15.0. The molecule has 0 aliphatic heterocycles. The van der Waals surface area contributed by atoms with Gasteiger partial charge in [-0.25, -0.2) is 0 Å². The van der Waals surface area contributed by atoms with Crippen molar-refractivity contribution in [2.45, 2.75) is 0 Å². The van der Waals surface area contributed by atoms with Gasteiger partial charge in [-0.1, -0.05) is 0 Å². The summed E-state index contributed by atoms with van der Waals surface area (Å²) in [6.45, 7) is 0. The Labute approximate surface area is 60.0 Å². The van der Waals surface area contributed by atoms with E-state index >= 15 is 0 Å². The minimum absolute atomic E-state index is 0.397. The first kappa shape index (κ1) is 8.68. The van der Waals surface area contributed by atoms with E-state index in [1.165, 1.54) is 11.1 Å². The molecule has 0 rings (SSSR count). The van der Waals surface area contributed by atoms with Crippen LogP contribution in [-0.4, -0.2) is 31.2 Å². The van der Waals surface area contributed by atoms with E-state index in [1.54, 1.807) is 20.2 Å². The third-order valence-electron chi connectivity index (χ3n) is 0.905. The molecule has 0 spiro atoms. The smallest absolute Gasteiger partial charge is 0.213 e. The van der Waals surface area contributed by atoms with Gasteiger partial charge < -0.3 is 10.6 Å². The Hall–Kier alpha value is -1.32. The number of nitrogens with two attached hydrogens (primary N) is 1. The molecule has 10 heavy (non-hydrogen) atoms. The van der Waals surface area contributed by atoms with Crippen molar-refractivity contribution < 1.29 is 4.79 Å². The zero-order valence-electron chi connectivity index (χ0n) is 6.11. The van der Waals surface area contributed by atoms with E-state index in [4.69, 9.17) is 5.73 Å². The number of carbonyl (C=O) groups excluding carboxylic acids is 1. The van der Waals surface area contributed by atoms with Crippen LogP contribution in [0, 0.1) is 0 Å². The first-order valence-electron chi connectivity index (χ1n) is 2.78. The van der Waals surface area contributed by atoms with E-state index in [0.29, 0.717) is 12.2 Å². The fraction of sp³-hybridized carbons (Fsp3) is 0.333. The molecule has 4 nitrogen and oxygen atoms in total. The van der Waals surface area contributed by atoms with Gasteiger partial charge in [-0.3, -0.25) is 9.79 Å². The molecular weight excluding hydrogens is 130 g/mol. The van der Waals surface area contributed by atoms with Crippen LogP contribution in [0.4, 0.5) is 0 Å². The van der Waals surface area contributed by atoms with Crippen molar-refractivity contribution in [1.82, 2.24) is 4.90 Å². The number of hydrogen-bond acceptors (Lipinski definition) is 2. The lowest BCUT2D eigenvalue weighted by atomic mass is 10.5. The van der Waals surface area contributed by atoms with E-state index in [2.05, 4.69) is 4.99 Å². The van der Waals surface area contributed by atoms with Crippen LogP contribution in [0.2, 0.25) is 0 Å². The predicted octanol–water partition coefficient (Wildman–Crippen LogP) is -0.425. The lowest BCUT2D eigenvalue weighted by Gasteiger charge is -1.99. The Morgan fingerprint density at radius 3 is 2.70 bits per heavy atom. The minimum Gasteiger partial charge on any atom is -0.384 e. The van der Waals surface area contributed by atoms with Crippen LogP contribution >= 0.6 is 0 Å². The second kappa shape index (κ2) is 4.55. The van der Waals surface area contributed by atoms with Gasteiger partial charge in [-0.05, 0) is 6.08 Å². The Bertz CT molecular complexity index is 162. The first-order valence-corrected chi connectivity index (χ1v) is 2.78. The molecule has 0 aliphatic rings. The maximum Gasteiger partial charge on any atom is 0.213 e. The predicted molar refractivity (Wildman–Crippen MR) is 40.5 cm³/mol. The van der Waals surface area contributed by atoms with Gasteiger partial charge in [0.05, 0.1) is 0 Å². The number of hydrogen-bond donors (Lipinski definition) is 1. The highest BCUT2D eigenvalue weighted by Crippen LogP contribution is 1.77. The SMILES string of the molecule is C/N=C(N)\C=C/N(C)C=O. The largest absolute Gasteiger partial charge is 0.384 e. The molecule has 56 valence electrons. The Kier molecular flexibility index (Phi) is 3.95. The molecule has 0 unspecified atom stereocenters. The molecule has 2 N–H and O–H groups in total. The van der Waals surface area contributed by atoms with Crippen molar-refractivity contribution in [3.63, 3.8) is 0 Å². The molecule has 0 fully saturated rings. The molecule has 0 heterocycles. The van der Waals surface area contributed by atoms with Crippen molar-refractivity contribution in [1.29, 1.82) is 0 Å². The van der Waals surface area contributed by atoms with Crippen LogP contribution in [0.25, 0.3) is 0 Å². The fourth-order valence-electron chi connectivity index (χ4n) is 0.304. The minimum atomic E-state index is 0.397. The first-order chi connectivity index (χ1) is 4.70. The summed E-state index contributed by atoms with van der Waals surface area (Å²) in [5.41, 5.74) is 5.30. The van der Waals surface area contributed by atoms with Crippen LogP contribution in [-0.2, 0) is 4.79 Å². The van der Waals surface area contributed by atoms with E-state index in [1.807, 2.05) is 0 Å². The molecule has 0 atom stereocenters. The van der Waals surface area contributed by atoms with Crippen molar-refractivity contribution in [3.8, 4) is 0 Å². The van der Waals surface area contributed by atoms with Crippen LogP contribution in [0.15, 0.2) is 17.3 Å². The van der Waals surface area contributed by atoms with Crippen LogP contribution in [0.1, 0.15) is 0 Å². The third kappa shape index (κ3) is 3.65. The van der Waals surface area contributed by atoms with Gasteiger partial charge >= 0.3 is 0 Å². The van der Waals surface area contributed by atoms with Gasteiger partial charge in [0, 0.05) is 20.3 Å². The molecule has 0 aromatic heterocycles. The molecule has 4 heteroatoms. The van der Waals surface area contributed by atoms with Crippen LogP contribution in [0.5, 0.6) is 0 Å². The maximum atomic E-state index is 10.00. The zero-order chi connectivity index (χ0) is 7.98. The normalized spacial score (nSPS) is 12.0. The molecule has 0 aromatic carbocycles. The number of rotatable bonds is 3. The summed E-state index contributed by atoms with van der Waals surface area (Å²) in [5.74, 6) is 0.397. The van der Waals surface area contributed by atoms with Gasteiger partial charge in [-0.15, -0.1) is 0 Å². The lowest BCUT2D eigenvalue weighted by Crippen LogP contribution is -2.11. The second-order valence-corrected chi connectivity index (χ2v) is 1.74. The summed E-state index contributed by atoms with van der Waals surface area (Å²) < 4.78 is 0. The Morgan fingerprint density at radius 1 is 1.70 bits per heavy atom. The number of amides is 1. The summed E-state index contributed by atoms with van der Waals surface area (Å²) >= 11 is 0. The van der Waals surface area contributed by atoms with Gasteiger partial charge in [0.1, 0.15) is 5.84 Å². The average molecular weight is 141 g/mol. The van der Waals surface area contributed by atoms with Crippen LogP contribution in [0.3, 0.4) is 0 Å². The fourth-order valence-corrected chi connectivity index (χ4v) is 0.304. The molecule has 0 aromatic rings. The van der Waals surface area contributed by atoms with E-state index in [-0.39, 0.29) is 0 Å². The third-order valence-corrected chi connectivity index (χ3v) is 0.905. The molecular formula is C6H11N3O. The highest BCUT2D eigenvalue weighted by molar-refractivity contribution is 5.91. The average Bonchev–Trinajstić information content (AvgIpc) is 1.99. The summed E-state index contributed by atoms with van der Waals surface area (Å²) in [5, 5.41) is 0. The van der Waals surface area contributed by atoms with E-state index in [9.17, 15) is 4.79 Å². The topological polar surface area (TPSA) is 58.7 Å². The quantitative estimate of drug-likeness (QED) is 0.329. The van der Waals surface area contributed by atoms with E-state index < -0.39 is 0 Å². The monoisotopic (exact) mass is 141 g/mol. The molecule has 0 radical (unpaired) electrons. The van der Waals surface area contributed by atoms with Crippen molar-refractivity contribution in [3.05, 3.63) is 12.3 Å². The number of aliphatic imine (C=N–C) groups is 1. The summed E-state index contributed by atoms with van der Waals surface area (Å²) in [7, 11) is 3.20. The lowest BCUT2D eigenvalue weighted by molar-refractivity contribution is -0.114. The molecule has 0 aliphatic carbocycles. The highest BCUT2D eigenvalue weighted by Gasteiger charge is 1.83. The number of nitrogens with zero attached hydrogens (tertiary/aromatic N) is 2. The zero-order valence-corrected chi connectivity index (χ0v) is 6.11. The van der Waals surface area contributed by atoms with Crippen molar-refractivity contribution >= 4 is 12.2 Å². The second-order valence-electron chi connectivity index (χ2n) is 1.74. The number of amidine groups is 1. The summed E-state index contributed by atoms with van der Waals surface area (Å²) in [6.07, 6.45) is 3.77. The number of carbonyl (C=O) groups is 1. The van der Waals surface area contributed by atoms with Gasteiger partial charge in [0.2, 0.25) is 6.41 Å². The van der Waals surface area contributed by atoms with Gasteiger partial charge in [-0.2, -0.15) is 0 Å². The standard InChI is InChI=1S/C6H11N3O/c1-8-6(7)3-4-9(2)5-10/h3-5H,1-2H3,(H2,7,8)/b4-3-. The molecule has 0 saturated carbocycles.